The molecule has 1 aliphatic heterocycles. The van der Waals surface area contributed by atoms with Crippen LogP contribution in [0.3, 0.4) is 0 Å². The number of hydrogen-bond acceptors (Lipinski definition) is 6. The summed E-state index contributed by atoms with van der Waals surface area (Å²) >= 11 is 0. The van der Waals surface area contributed by atoms with Gasteiger partial charge in [0, 0.05) is 0 Å². The molecule has 0 saturated carbocycles. The molecule has 1 aromatic carbocycles. The Bertz CT molecular complexity index is 559. The van der Waals surface area contributed by atoms with Gasteiger partial charge in [-0.2, -0.15) is 0 Å². The molecule has 0 amide bonds. The Morgan fingerprint density at radius 3 is 2.23 bits per heavy atom. The second kappa shape index (κ2) is 8.47. The Hall–Kier alpha value is -0.803. The summed E-state index contributed by atoms with van der Waals surface area (Å²) in [6.07, 6.45) is -5.55. The lowest BCUT2D eigenvalue weighted by Gasteiger charge is -2.43. The van der Waals surface area contributed by atoms with Crippen molar-refractivity contribution < 1.29 is 29.2 Å². The Labute approximate surface area is 156 Å². The van der Waals surface area contributed by atoms with Gasteiger partial charge in [-0.25, -0.2) is 0 Å². The Morgan fingerprint density at radius 2 is 1.65 bits per heavy atom. The molecule has 0 aliphatic carbocycles. The van der Waals surface area contributed by atoms with E-state index in [-0.39, 0.29) is 18.3 Å². The third-order valence-corrected chi connectivity index (χ3v) is 9.86. The quantitative estimate of drug-likeness (QED) is 0.651. The fraction of sp³-hybridized carbons (Fsp3) is 0.684. The monoisotopic (exact) mass is 384 g/mol. The maximum Gasteiger partial charge on any atom is 0.192 e. The van der Waals surface area contributed by atoms with Crippen molar-refractivity contribution in [2.45, 2.75) is 76.2 Å². The summed E-state index contributed by atoms with van der Waals surface area (Å²) in [5, 5.41) is 30.8. The molecule has 1 fully saturated rings. The van der Waals surface area contributed by atoms with E-state index < -0.39 is 39.0 Å². The summed E-state index contributed by atoms with van der Waals surface area (Å²) in [5.41, 5.74) is 0.918. The van der Waals surface area contributed by atoms with Gasteiger partial charge in [-0.3, -0.25) is 0 Å². The minimum absolute atomic E-state index is 0.0218. The minimum atomic E-state index is -2.03. The molecule has 148 valence electrons. The van der Waals surface area contributed by atoms with Gasteiger partial charge in [-0.15, -0.1) is 0 Å². The first-order valence-electron chi connectivity index (χ1n) is 9.02. The highest BCUT2D eigenvalue weighted by atomic mass is 28.4. The fourth-order valence-corrected chi connectivity index (χ4v) is 3.54. The van der Waals surface area contributed by atoms with Gasteiger partial charge in [0.25, 0.3) is 0 Å². The van der Waals surface area contributed by atoms with Gasteiger partial charge in [0.05, 0.1) is 13.2 Å². The SMILES string of the molecule is CC(C)(C)[Si](C)(C)OC[C@H]1O[C@H](O)[C@H](O)[C@@H](OCc2ccccc2)[C@H]1O. The number of aliphatic hydroxyl groups excluding tert-OH is 3. The van der Waals surface area contributed by atoms with Crippen molar-refractivity contribution in [1.29, 1.82) is 0 Å². The molecule has 0 bridgehead atoms. The van der Waals surface area contributed by atoms with Crippen LogP contribution in [-0.2, 0) is 20.5 Å². The average molecular weight is 385 g/mol. The summed E-state index contributed by atoms with van der Waals surface area (Å²) in [5.74, 6) is 0. The predicted octanol–water partition coefficient (Wildman–Crippen LogP) is 2.03. The molecule has 5 atom stereocenters. The molecule has 1 heterocycles. The smallest absolute Gasteiger partial charge is 0.192 e. The Morgan fingerprint density at radius 1 is 1.04 bits per heavy atom. The molecule has 6 nitrogen and oxygen atoms in total. The first kappa shape index (κ1) is 21.5. The maximum absolute atomic E-state index is 10.6. The lowest BCUT2D eigenvalue weighted by atomic mass is 9.99. The number of benzene rings is 1. The molecule has 0 aromatic heterocycles. The van der Waals surface area contributed by atoms with Crippen LogP contribution in [0.2, 0.25) is 18.1 Å². The van der Waals surface area contributed by atoms with Crippen LogP contribution in [0.5, 0.6) is 0 Å². The molecule has 1 saturated heterocycles. The van der Waals surface area contributed by atoms with E-state index in [1.807, 2.05) is 30.3 Å². The molecule has 1 aliphatic rings. The van der Waals surface area contributed by atoms with Crippen molar-refractivity contribution in [3.63, 3.8) is 0 Å². The van der Waals surface area contributed by atoms with Gasteiger partial charge >= 0.3 is 0 Å². The van der Waals surface area contributed by atoms with Crippen LogP contribution in [0.15, 0.2) is 30.3 Å². The van der Waals surface area contributed by atoms with Gasteiger partial charge in [-0.05, 0) is 23.7 Å². The highest BCUT2D eigenvalue weighted by molar-refractivity contribution is 6.74. The van der Waals surface area contributed by atoms with Crippen LogP contribution < -0.4 is 0 Å². The van der Waals surface area contributed by atoms with Gasteiger partial charge in [0.15, 0.2) is 14.6 Å². The molecule has 26 heavy (non-hydrogen) atoms. The molecule has 0 unspecified atom stereocenters. The van der Waals surface area contributed by atoms with E-state index in [1.165, 1.54) is 0 Å². The maximum atomic E-state index is 10.6. The number of aliphatic hydroxyl groups is 3. The van der Waals surface area contributed by atoms with Crippen LogP contribution in [0.25, 0.3) is 0 Å². The van der Waals surface area contributed by atoms with Gasteiger partial charge in [0.1, 0.15) is 24.4 Å². The molecular weight excluding hydrogens is 352 g/mol. The second-order valence-corrected chi connectivity index (χ2v) is 13.2. The van der Waals surface area contributed by atoms with Crippen molar-refractivity contribution in [3.8, 4) is 0 Å². The summed E-state index contributed by atoms with van der Waals surface area (Å²) in [6.45, 7) is 11.0. The third-order valence-electron chi connectivity index (χ3n) is 5.36. The molecule has 7 heteroatoms. The van der Waals surface area contributed by atoms with Crippen molar-refractivity contribution in [1.82, 2.24) is 0 Å². The van der Waals surface area contributed by atoms with Crippen LogP contribution in [0.4, 0.5) is 0 Å². The highest BCUT2D eigenvalue weighted by Gasteiger charge is 2.46. The zero-order valence-electron chi connectivity index (χ0n) is 16.3. The minimum Gasteiger partial charge on any atom is -0.414 e. The molecule has 3 N–H and O–H groups in total. The van der Waals surface area contributed by atoms with Gasteiger partial charge < -0.3 is 29.2 Å². The first-order valence-corrected chi connectivity index (χ1v) is 11.9. The molecule has 0 radical (unpaired) electrons. The van der Waals surface area contributed by atoms with Crippen molar-refractivity contribution in [2.75, 3.05) is 6.61 Å². The van der Waals surface area contributed by atoms with E-state index in [1.54, 1.807) is 0 Å². The molecule has 2 rings (SSSR count). The largest absolute Gasteiger partial charge is 0.414 e. The van der Waals surface area contributed by atoms with Crippen molar-refractivity contribution in [3.05, 3.63) is 35.9 Å². The first-order chi connectivity index (χ1) is 12.0. The van der Waals surface area contributed by atoms with E-state index in [0.29, 0.717) is 0 Å². The zero-order valence-corrected chi connectivity index (χ0v) is 17.3. The summed E-state index contributed by atoms with van der Waals surface area (Å²) in [6, 6.07) is 9.47. The lowest BCUT2D eigenvalue weighted by molar-refractivity contribution is -0.295. The average Bonchev–Trinajstić information content (AvgIpc) is 2.57. The highest BCUT2D eigenvalue weighted by Crippen LogP contribution is 2.37. The van der Waals surface area contributed by atoms with Crippen molar-refractivity contribution >= 4 is 8.32 Å². The molecular formula is C19H32O6Si. The third kappa shape index (κ3) is 5.13. The molecule has 1 aromatic rings. The molecule has 0 spiro atoms. The predicted molar refractivity (Wildman–Crippen MR) is 101 cm³/mol. The summed E-state index contributed by atoms with van der Waals surface area (Å²) < 4.78 is 17.2. The van der Waals surface area contributed by atoms with E-state index in [0.717, 1.165) is 5.56 Å². The topological polar surface area (TPSA) is 88.4 Å². The fourth-order valence-electron chi connectivity index (χ4n) is 2.52. The normalized spacial score (nSPS) is 30.4. The number of ether oxygens (including phenoxy) is 2. The van der Waals surface area contributed by atoms with E-state index >= 15 is 0 Å². The second-order valence-electron chi connectivity index (χ2n) is 8.38. The van der Waals surface area contributed by atoms with Gasteiger partial charge in [0.2, 0.25) is 0 Å². The number of rotatable bonds is 6. The van der Waals surface area contributed by atoms with E-state index in [2.05, 4.69) is 33.9 Å². The van der Waals surface area contributed by atoms with Crippen molar-refractivity contribution in [2.24, 2.45) is 0 Å². The van der Waals surface area contributed by atoms with E-state index in [9.17, 15) is 15.3 Å². The summed E-state index contributed by atoms with van der Waals surface area (Å²) in [4.78, 5) is 0. The lowest BCUT2D eigenvalue weighted by Crippen LogP contribution is -2.60. The summed E-state index contributed by atoms with van der Waals surface area (Å²) in [7, 11) is -2.03. The van der Waals surface area contributed by atoms with Crippen LogP contribution in [0, 0.1) is 0 Å². The van der Waals surface area contributed by atoms with Gasteiger partial charge in [-0.1, -0.05) is 51.1 Å². The standard InChI is InChI=1S/C19H32O6Si/c1-19(2,3)26(4,5)24-12-14-15(20)17(16(21)18(22)25-14)23-11-13-9-7-6-8-10-13/h6-10,14-18,20-22H,11-12H2,1-5H3/t14-,15+,16-,17+,18+/m1/s1. The van der Waals surface area contributed by atoms with Crippen LogP contribution in [0.1, 0.15) is 26.3 Å². The van der Waals surface area contributed by atoms with E-state index in [4.69, 9.17) is 13.9 Å². The Balaban J connectivity index is 2.00. The van der Waals surface area contributed by atoms with Crippen LogP contribution >= 0.6 is 0 Å². The zero-order chi connectivity index (χ0) is 19.5. The van der Waals surface area contributed by atoms with Crippen LogP contribution in [-0.4, -0.2) is 60.9 Å². The Kier molecular flexibility index (Phi) is 7.01. The number of hydrogen-bond donors (Lipinski definition) is 3.